The van der Waals surface area contributed by atoms with E-state index >= 15 is 0 Å². The first-order chi connectivity index (χ1) is 12.7. The monoisotopic (exact) mass is 368 g/mol. The number of hydrogen-bond donors (Lipinski definition) is 2. The molecule has 0 aliphatic rings. The zero-order chi connectivity index (χ0) is 18.2. The van der Waals surface area contributed by atoms with Gasteiger partial charge in [-0.15, -0.1) is 11.3 Å². The predicted molar refractivity (Wildman–Crippen MR) is 107 cm³/mol. The molecule has 0 spiro atoms. The van der Waals surface area contributed by atoms with Crippen LogP contribution in [-0.2, 0) is 19.5 Å². The first kappa shape index (κ1) is 18.1. The van der Waals surface area contributed by atoms with Gasteiger partial charge < -0.3 is 15.2 Å². The van der Waals surface area contributed by atoms with Crippen molar-refractivity contribution in [2.24, 2.45) is 4.99 Å². The SMILES string of the molecule is CN=C(NCCc1ncc(C)s1)NCc1cccc(Cn2ccnc2)c1. The van der Waals surface area contributed by atoms with E-state index < -0.39 is 0 Å². The molecule has 7 heteroatoms. The van der Waals surface area contributed by atoms with E-state index in [1.54, 1.807) is 24.6 Å². The Kier molecular flexibility index (Phi) is 6.38. The highest BCUT2D eigenvalue weighted by atomic mass is 32.1. The lowest BCUT2D eigenvalue weighted by Gasteiger charge is -2.12. The van der Waals surface area contributed by atoms with Crippen LogP contribution in [0, 0.1) is 6.92 Å². The van der Waals surface area contributed by atoms with Gasteiger partial charge in [0.2, 0.25) is 0 Å². The van der Waals surface area contributed by atoms with Crippen molar-refractivity contribution in [2.45, 2.75) is 26.4 Å². The Bertz CT molecular complexity index is 837. The van der Waals surface area contributed by atoms with Gasteiger partial charge in [-0.25, -0.2) is 9.97 Å². The van der Waals surface area contributed by atoms with Crippen LogP contribution in [-0.4, -0.2) is 34.1 Å². The molecule has 2 heterocycles. The third-order valence-corrected chi connectivity index (χ3v) is 4.87. The summed E-state index contributed by atoms with van der Waals surface area (Å²) in [6.07, 6.45) is 8.43. The molecule has 136 valence electrons. The van der Waals surface area contributed by atoms with Crippen molar-refractivity contribution in [1.29, 1.82) is 0 Å². The first-order valence-corrected chi connectivity index (χ1v) is 9.44. The third kappa shape index (κ3) is 5.42. The molecule has 6 nitrogen and oxygen atoms in total. The maximum absolute atomic E-state index is 4.38. The van der Waals surface area contributed by atoms with E-state index in [1.807, 2.05) is 18.7 Å². The second-order valence-corrected chi connectivity index (χ2v) is 7.34. The smallest absolute Gasteiger partial charge is 0.191 e. The number of aliphatic imine (C=N–C) groups is 1. The van der Waals surface area contributed by atoms with Gasteiger partial charge in [0, 0.05) is 56.6 Å². The Hall–Kier alpha value is -2.67. The molecule has 0 unspecified atom stereocenters. The molecule has 0 radical (unpaired) electrons. The Labute approximate surface area is 158 Å². The second-order valence-electron chi connectivity index (χ2n) is 6.02. The summed E-state index contributed by atoms with van der Waals surface area (Å²) in [5.74, 6) is 0.804. The van der Waals surface area contributed by atoms with Crippen molar-refractivity contribution < 1.29 is 0 Å². The highest BCUT2D eigenvalue weighted by molar-refractivity contribution is 7.11. The van der Waals surface area contributed by atoms with Gasteiger partial charge in [0.05, 0.1) is 11.3 Å². The molecule has 2 N–H and O–H groups in total. The van der Waals surface area contributed by atoms with Crippen LogP contribution in [0.5, 0.6) is 0 Å². The molecule has 3 rings (SSSR count). The average Bonchev–Trinajstić information content (AvgIpc) is 3.30. The highest BCUT2D eigenvalue weighted by Gasteiger charge is 2.02. The van der Waals surface area contributed by atoms with Crippen LogP contribution >= 0.6 is 11.3 Å². The summed E-state index contributed by atoms with van der Waals surface area (Å²) in [6.45, 7) is 4.45. The van der Waals surface area contributed by atoms with E-state index in [0.717, 1.165) is 37.0 Å². The van der Waals surface area contributed by atoms with Gasteiger partial charge in [-0.3, -0.25) is 4.99 Å². The summed E-state index contributed by atoms with van der Waals surface area (Å²) in [5.41, 5.74) is 2.48. The van der Waals surface area contributed by atoms with Gasteiger partial charge in [0.1, 0.15) is 0 Å². The molecule has 1 aromatic carbocycles. The van der Waals surface area contributed by atoms with Crippen LogP contribution in [0.3, 0.4) is 0 Å². The van der Waals surface area contributed by atoms with Crippen molar-refractivity contribution in [1.82, 2.24) is 25.2 Å². The summed E-state index contributed by atoms with van der Waals surface area (Å²) in [4.78, 5) is 14.0. The van der Waals surface area contributed by atoms with Crippen molar-refractivity contribution in [3.8, 4) is 0 Å². The number of rotatable bonds is 7. The Morgan fingerprint density at radius 3 is 2.88 bits per heavy atom. The van der Waals surface area contributed by atoms with Crippen LogP contribution < -0.4 is 10.6 Å². The van der Waals surface area contributed by atoms with Crippen molar-refractivity contribution in [3.63, 3.8) is 0 Å². The lowest BCUT2D eigenvalue weighted by Crippen LogP contribution is -2.37. The lowest BCUT2D eigenvalue weighted by atomic mass is 10.1. The molecule has 26 heavy (non-hydrogen) atoms. The van der Waals surface area contributed by atoms with Crippen LogP contribution in [0.2, 0.25) is 0 Å². The van der Waals surface area contributed by atoms with Crippen LogP contribution in [0.25, 0.3) is 0 Å². The third-order valence-electron chi connectivity index (χ3n) is 3.90. The molecule has 0 saturated heterocycles. The molecular formula is C19H24N6S. The molecule has 0 atom stereocenters. The molecule has 0 aliphatic carbocycles. The summed E-state index contributed by atoms with van der Waals surface area (Å²) < 4.78 is 2.06. The zero-order valence-corrected chi connectivity index (χ0v) is 16.0. The predicted octanol–water partition coefficient (Wildman–Crippen LogP) is 2.60. The van der Waals surface area contributed by atoms with Crippen molar-refractivity contribution >= 4 is 17.3 Å². The minimum absolute atomic E-state index is 0.730. The largest absolute Gasteiger partial charge is 0.356 e. The van der Waals surface area contributed by atoms with Gasteiger partial charge in [-0.1, -0.05) is 24.3 Å². The number of hydrogen-bond acceptors (Lipinski definition) is 4. The number of imidazole rings is 1. The van der Waals surface area contributed by atoms with Gasteiger partial charge in [-0.05, 0) is 18.1 Å². The van der Waals surface area contributed by atoms with Crippen molar-refractivity contribution in [2.75, 3.05) is 13.6 Å². The summed E-state index contributed by atoms with van der Waals surface area (Å²) in [6, 6.07) is 8.55. The standard InChI is InChI=1S/C19H24N6S/c1-15-11-23-18(26-15)6-7-22-19(20-2)24-12-16-4-3-5-17(10-16)13-25-9-8-21-14-25/h3-5,8-11,14H,6-7,12-13H2,1-2H3,(H2,20,22,24). The Morgan fingerprint density at radius 2 is 2.15 bits per heavy atom. The van der Waals surface area contributed by atoms with Crippen LogP contribution in [0.1, 0.15) is 21.0 Å². The molecule has 0 saturated carbocycles. The maximum atomic E-state index is 4.38. The Morgan fingerprint density at radius 1 is 1.27 bits per heavy atom. The fraction of sp³-hybridized carbons (Fsp3) is 0.316. The van der Waals surface area contributed by atoms with E-state index in [2.05, 4.69) is 61.4 Å². The molecule has 0 bridgehead atoms. The molecule has 0 aliphatic heterocycles. The summed E-state index contributed by atoms with van der Waals surface area (Å²) in [7, 11) is 1.79. The van der Waals surface area contributed by atoms with Crippen LogP contribution in [0.4, 0.5) is 0 Å². The van der Waals surface area contributed by atoms with Crippen molar-refractivity contribution in [3.05, 3.63) is 70.2 Å². The number of thiazole rings is 1. The van der Waals surface area contributed by atoms with Gasteiger partial charge >= 0.3 is 0 Å². The zero-order valence-electron chi connectivity index (χ0n) is 15.1. The molecule has 2 aromatic heterocycles. The summed E-state index contributed by atoms with van der Waals surface area (Å²) >= 11 is 1.74. The minimum Gasteiger partial charge on any atom is -0.356 e. The van der Waals surface area contributed by atoms with Gasteiger partial charge in [-0.2, -0.15) is 0 Å². The maximum Gasteiger partial charge on any atom is 0.191 e. The van der Waals surface area contributed by atoms with Gasteiger partial charge in [0.15, 0.2) is 5.96 Å². The number of aryl methyl sites for hydroxylation is 1. The molecule has 3 aromatic rings. The normalized spacial score (nSPS) is 11.5. The minimum atomic E-state index is 0.730. The van der Waals surface area contributed by atoms with E-state index in [1.165, 1.54) is 16.0 Å². The molecule has 0 amide bonds. The number of benzene rings is 1. The topological polar surface area (TPSA) is 67.1 Å². The second kappa shape index (κ2) is 9.15. The Balaban J connectivity index is 1.47. The van der Waals surface area contributed by atoms with Crippen LogP contribution in [0.15, 0.2) is 54.2 Å². The van der Waals surface area contributed by atoms with E-state index in [-0.39, 0.29) is 0 Å². The number of nitrogens with zero attached hydrogens (tertiary/aromatic N) is 4. The lowest BCUT2D eigenvalue weighted by molar-refractivity contribution is 0.781. The highest BCUT2D eigenvalue weighted by Crippen LogP contribution is 2.11. The van der Waals surface area contributed by atoms with E-state index in [9.17, 15) is 0 Å². The first-order valence-electron chi connectivity index (χ1n) is 8.62. The fourth-order valence-electron chi connectivity index (χ4n) is 2.64. The summed E-state index contributed by atoms with van der Waals surface area (Å²) in [5, 5.41) is 7.86. The van der Waals surface area contributed by atoms with E-state index in [4.69, 9.17) is 0 Å². The van der Waals surface area contributed by atoms with Gasteiger partial charge in [0.25, 0.3) is 0 Å². The average molecular weight is 369 g/mol. The molecule has 0 fully saturated rings. The van der Waals surface area contributed by atoms with E-state index in [0.29, 0.717) is 0 Å². The number of nitrogens with one attached hydrogen (secondary N) is 2. The number of guanidine groups is 1. The fourth-order valence-corrected chi connectivity index (χ4v) is 3.43. The quantitative estimate of drug-likeness (QED) is 0.497. The number of aromatic nitrogens is 3. The molecular weight excluding hydrogens is 344 g/mol.